The number of benzene rings is 1. The molecule has 0 unspecified atom stereocenters. The summed E-state index contributed by atoms with van der Waals surface area (Å²) in [5, 5.41) is 0. The molecule has 7 heteroatoms. The van der Waals surface area contributed by atoms with Crippen molar-refractivity contribution in [3.8, 4) is 5.69 Å². The van der Waals surface area contributed by atoms with E-state index in [1.54, 1.807) is 53.4 Å². The molecule has 2 aromatic rings. The Bertz CT molecular complexity index is 640. The predicted octanol–water partition coefficient (Wildman–Crippen LogP) is -0.330. The number of rotatable bonds is 4. The summed E-state index contributed by atoms with van der Waals surface area (Å²) in [5.74, 6) is -0.536. The Balaban J connectivity index is 2.36. The molecule has 0 fully saturated rings. The molecule has 0 aliphatic rings. The zero-order valence-electron chi connectivity index (χ0n) is 10.5. The third-order valence-corrected chi connectivity index (χ3v) is 3.46. The van der Waals surface area contributed by atoms with Crippen LogP contribution in [0.3, 0.4) is 0 Å². The first kappa shape index (κ1) is 14.6. The lowest BCUT2D eigenvalue weighted by molar-refractivity contribution is -0.595. The second-order valence-electron chi connectivity index (χ2n) is 4.36. The number of carbonyl (C=O) groups is 1. The van der Waals surface area contributed by atoms with Crippen molar-refractivity contribution in [1.29, 1.82) is 0 Å². The van der Waals surface area contributed by atoms with Crippen molar-refractivity contribution in [2.45, 2.75) is 6.16 Å². The van der Waals surface area contributed by atoms with E-state index in [0.717, 1.165) is 0 Å². The second-order valence-corrected chi connectivity index (χ2v) is 6.00. The first-order valence-corrected chi connectivity index (χ1v) is 7.60. The molecule has 0 bridgehead atoms. The SMILES string of the molecule is NC(=O)c1ccc[n+](-c2cccc(C[P+]([O-])(O)O)c2)c1. The van der Waals surface area contributed by atoms with Crippen molar-refractivity contribution < 1.29 is 24.0 Å². The second kappa shape index (κ2) is 5.64. The monoisotopic (exact) mass is 293 g/mol. The van der Waals surface area contributed by atoms with Crippen LogP contribution >= 0.6 is 7.94 Å². The molecule has 0 radical (unpaired) electrons. The van der Waals surface area contributed by atoms with Gasteiger partial charge in [0.25, 0.3) is 5.91 Å². The van der Waals surface area contributed by atoms with Gasteiger partial charge >= 0.3 is 0 Å². The summed E-state index contributed by atoms with van der Waals surface area (Å²) in [6.45, 7) is 0. The van der Waals surface area contributed by atoms with Gasteiger partial charge in [0.15, 0.2) is 12.4 Å². The molecule has 0 aliphatic carbocycles. The fourth-order valence-electron chi connectivity index (χ4n) is 1.83. The molecule has 104 valence electrons. The molecule has 1 aromatic carbocycles. The summed E-state index contributed by atoms with van der Waals surface area (Å²) in [6.07, 6.45) is 2.97. The number of hydrogen-bond donors (Lipinski definition) is 3. The highest BCUT2D eigenvalue weighted by Gasteiger charge is 2.20. The van der Waals surface area contributed by atoms with E-state index in [0.29, 0.717) is 16.8 Å². The van der Waals surface area contributed by atoms with E-state index >= 15 is 0 Å². The predicted molar refractivity (Wildman–Crippen MR) is 71.6 cm³/mol. The lowest BCUT2D eigenvalue weighted by Gasteiger charge is -2.14. The molecule has 0 spiro atoms. The third-order valence-electron chi connectivity index (χ3n) is 2.68. The summed E-state index contributed by atoms with van der Waals surface area (Å²) in [6, 6.07) is 10.0. The molecule has 6 nitrogen and oxygen atoms in total. The molecule has 0 saturated heterocycles. The highest BCUT2D eigenvalue weighted by Crippen LogP contribution is 2.43. The average Bonchev–Trinajstić information content (AvgIpc) is 2.37. The molecule has 0 saturated carbocycles. The highest BCUT2D eigenvalue weighted by molar-refractivity contribution is 7.56. The van der Waals surface area contributed by atoms with Crippen LogP contribution in [0.25, 0.3) is 5.69 Å². The van der Waals surface area contributed by atoms with Crippen LogP contribution in [0.1, 0.15) is 15.9 Å². The molecular weight excluding hydrogens is 279 g/mol. The maximum Gasteiger partial charge on any atom is 0.254 e. The Morgan fingerprint density at radius 3 is 2.70 bits per heavy atom. The van der Waals surface area contributed by atoms with Crippen LogP contribution in [0.15, 0.2) is 48.8 Å². The van der Waals surface area contributed by atoms with Gasteiger partial charge in [0.1, 0.15) is 11.7 Å². The zero-order chi connectivity index (χ0) is 14.8. The summed E-state index contributed by atoms with van der Waals surface area (Å²) < 4.78 is 1.67. The normalized spacial score (nSPS) is 11.3. The molecule has 1 heterocycles. The number of nitrogens with zero attached hydrogens (tertiary/aromatic N) is 1. The van der Waals surface area contributed by atoms with Crippen LogP contribution < -0.4 is 15.2 Å². The van der Waals surface area contributed by atoms with Gasteiger partial charge in [-0.15, -0.1) is 0 Å². The van der Waals surface area contributed by atoms with Gasteiger partial charge < -0.3 is 10.6 Å². The standard InChI is InChI=1S/C13H13N2O4P/c14-13(16)11-4-2-6-15(8-11)12-5-1-3-10(7-12)9-20(17,18)19/h1-8H,9H2,(H3-,14,16,17,18,19)/p+1. The molecule has 2 rings (SSSR count). The Morgan fingerprint density at radius 2 is 2.05 bits per heavy atom. The molecule has 0 atom stereocenters. The minimum Gasteiger partial charge on any atom is -0.632 e. The van der Waals surface area contributed by atoms with Crippen molar-refractivity contribution in [2.75, 3.05) is 0 Å². The van der Waals surface area contributed by atoms with E-state index in [1.165, 1.54) is 0 Å². The maximum atomic E-state index is 11.1. The average molecular weight is 293 g/mol. The van der Waals surface area contributed by atoms with Gasteiger partial charge in [-0.25, -0.2) is 9.79 Å². The van der Waals surface area contributed by atoms with E-state index in [1.807, 2.05) is 0 Å². The number of primary amides is 1. The lowest BCUT2D eigenvalue weighted by atomic mass is 10.2. The van der Waals surface area contributed by atoms with Gasteiger partial charge in [0.2, 0.25) is 13.6 Å². The van der Waals surface area contributed by atoms with Crippen LogP contribution in [-0.4, -0.2) is 15.7 Å². The number of amides is 1. The van der Waals surface area contributed by atoms with Crippen LogP contribution in [0, 0.1) is 0 Å². The van der Waals surface area contributed by atoms with Gasteiger partial charge in [0, 0.05) is 23.8 Å². The van der Waals surface area contributed by atoms with Gasteiger partial charge in [0.05, 0.1) is 0 Å². The molecule has 4 N–H and O–H groups in total. The number of nitrogens with two attached hydrogens (primary N) is 1. The Kier molecular flexibility index (Phi) is 4.11. The van der Waals surface area contributed by atoms with Crippen molar-refractivity contribution in [3.05, 3.63) is 59.9 Å². The minimum absolute atomic E-state index is 0.323. The van der Waals surface area contributed by atoms with Crippen LogP contribution in [0.2, 0.25) is 0 Å². The molecular formula is C13H14N2O4P+. The van der Waals surface area contributed by atoms with E-state index in [9.17, 15) is 9.69 Å². The number of carbonyl (C=O) groups excluding carboxylic acids is 1. The van der Waals surface area contributed by atoms with E-state index in [2.05, 4.69) is 0 Å². The molecule has 0 aliphatic heterocycles. The Morgan fingerprint density at radius 1 is 1.30 bits per heavy atom. The largest absolute Gasteiger partial charge is 0.632 e. The zero-order valence-corrected chi connectivity index (χ0v) is 11.4. The topological polar surface area (TPSA) is 110 Å². The van der Waals surface area contributed by atoms with Crippen LogP contribution in [0.5, 0.6) is 0 Å². The first-order valence-electron chi connectivity index (χ1n) is 5.80. The summed E-state index contributed by atoms with van der Waals surface area (Å²) in [7, 11) is -4.11. The van der Waals surface area contributed by atoms with Crippen molar-refractivity contribution >= 4 is 13.9 Å². The van der Waals surface area contributed by atoms with Crippen molar-refractivity contribution in [3.63, 3.8) is 0 Å². The molecule has 1 aromatic heterocycles. The fourth-order valence-corrected chi connectivity index (χ4v) is 2.51. The number of aromatic nitrogens is 1. The van der Waals surface area contributed by atoms with Gasteiger partial charge in [-0.3, -0.25) is 4.79 Å². The Hall–Kier alpha value is -1.85. The number of hydrogen-bond acceptors (Lipinski definition) is 4. The van der Waals surface area contributed by atoms with Crippen LogP contribution in [-0.2, 0) is 6.16 Å². The van der Waals surface area contributed by atoms with E-state index in [4.69, 9.17) is 15.5 Å². The third kappa shape index (κ3) is 3.82. The smallest absolute Gasteiger partial charge is 0.254 e. The molecule has 20 heavy (non-hydrogen) atoms. The summed E-state index contributed by atoms with van der Waals surface area (Å²) >= 11 is 0. The van der Waals surface area contributed by atoms with Gasteiger partial charge in [-0.1, -0.05) is 12.1 Å². The van der Waals surface area contributed by atoms with Crippen molar-refractivity contribution in [2.24, 2.45) is 5.73 Å². The first-order chi connectivity index (χ1) is 9.35. The molecule has 1 amide bonds. The maximum absolute atomic E-state index is 11.1. The van der Waals surface area contributed by atoms with E-state index < -0.39 is 13.9 Å². The quantitative estimate of drug-likeness (QED) is 0.529. The highest BCUT2D eigenvalue weighted by atomic mass is 31.2. The lowest BCUT2D eigenvalue weighted by Crippen LogP contribution is -2.31. The van der Waals surface area contributed by atoms with Gasteiger partial charge in [-0.05, 0) is 6.07 Å². The summed E-state index contributed by atoms with van der Waals surface area (Å²) in [5.41, 5.74) is 6.79. The fraction of sp³-hybridized carbons (Fsp3) is 0.0769. The van der Waals surface area contributed by atoms with Gasteiger partial charge in [-0.2, -0.15) is 4.57 Å². The van der Waals surface area contributed by atoms with E-state index in [-0.39, 0.29) is 6.16 Å². The van der Waals surface area contributed by atoms with Crippen LogP contribution in [0.4, 0.5) is 0 Å². The van der Waals surface area contributed by atoms with Crippen molar-refractivity contribution in [1.82, 2.24) is 0 Å². The summed E-state index contributed by atoms with van der Waals surface area (Å²) in [4.78, 5) is 40.1. The minimum atomic E-state index is -4.11. The Labute approximate surface area is 116 Å². The number of pyridine rings is 1.